The molecular formula is C8H13ClINO. The van der Waals surface area contributed by atoms with Gasteiger partial charge < -0.3 is 5.32 Å². The highest BCUT2D eigenvalue weighted by atomic mass is 127. The lowest BCUT2D eigenvalue weighted by atomic mass is 9.85. The Bertz CT molecular complexity index is 183. The van der Waals surface area contributed by atoms with Crippen LogP contribution in [0.2, 0.25) is 0 Å². The van der Waals surface area contributed by atoms with Crippen molar-refractivity contribution in [2.75, 3.05) is 6.54 Å². The number of halogens is 2. The number of rotatable bonds is 0. The van der Waals surface area contributed by atoms with Gasteiger partial charge in [0.2, 0.25) is 5.91 Å². The maximum absolute atomic E-state index is 11.1. The molecule has 4 heteroatoms. The fourth-order valence-electron chi connectivity index (χ4n) is 1.15. The smallest absolute Gasteiger partial charge is 0.220 e. The van der Waals surface area contributed by atoms with Crippen molar-refractivity contribution in [1.82, 2.24) is 5.32 Å². The minimum atomic E-state index is -0.350. The van der Waals surface area contributed by atoms with E-state index in [1.165, 1.54) is 0 Å². The van der Waals surface area contributed by atoms with Crippen LogP contribution in [0.25, 0.3) is 0 Å². The van der Waals surface area contributed by atoms with Crippen LogP contribution in [-0.4, -0.2) is 15.3 Å². The Kier molecular flexibility index (Phi) is 2.93. The summed E-state index contributed by atoms with van der Waals surface area (Å²) < 4.78 is -0.350. The van der Waals surface area contributed by atoms with E-state index in [0.717, 1.165) is 6.42 Å². The lowest BCUT2D eigenvalue weighted by molar-refractivity contribution is -0.120. The molecule has 70 valence electrons. The molecule has 0 bridgehead atoms. The quantitative estimate of drug-likeness (QED) is 0.540. The molecular weight excluding hydrogens is 288 g/mol. The molecule has 1 amide bonds. The first kappa shape index (κ1) is 10.6. The van der Waals surface area contributed by atoms with Crippen LogP contribution in [0.3, 0.4) is 0 Å². The van der Waals surface area contributed by atoms with Crippen LogP contribution in [0.4, 0.5) is 0 Å². The minimum absolute atomic E-state index is 0.00821. The second kappa shape index (κ2) is 3.33. The molecule has 1 heterocycles. The Balaban J connectivity index is 2.81. The number of hydrogen-bond donors (Lipinski definition) is 1. The van der Waals surface area contributed by atoms with E-state index in [-0.39, 0.29) is 14.2 Å². The van der Waals surface area contributed by atoms with Gasteiger partial charge in [-0.3, -0.25) is 4.79 Å². The lowest BCUT2D eigenvalue weighted by Crippen LogP contribution is -2.40. The van der Waals surface area contributed by atoms with E-state index < -0.39 is 0 Å². The Morgan fingerprint density at radius 1 is 1.58 bits per heavy atom. The summed E-state index contributed by atoms with van der Waals surface area (Å²) in [5.74, 6) is 0.113. The Labute approximate surface area is 91.6 Å². The standard InChI is InChI=1S/C8H13ClINO/c1-7(2)4-3-6(12)11-5-8(7,9)10/h3-5H2,1-2H3,(H,11,12). The van der Waals surface area contributed by atoms with Crippen molar-refractivity contribution in [1.29, 1.82) is 0 Å². The van der Waals surface area contributed by atoms with Crippen molar-refractivity contribution >= 4 is 40.1 Å². The third-order valence-electron chi connectivity index (χ3n) is 2.47. The molecule has 0 spiro atoms. The number of nitrogens with one attached hydrogen (secondary N) is 1. The third kappa shape index (κ3) is 2.05. The van der Waals surface area contributed by atoms with E-state index in [2.05, 4.69) is 41.8 Å². The average molecular weight is 302 g/mol. The van der Waals surface area contributed by atoms with Gasteiger partial charge in [-0.05, 0) is 11.8 Å². The number of hydrogen-bond acceptors (Lipinski definition) is 1. The Morgan fingerprint density at radius 2 is 2.17 bits per heavy atom. The molecule has 2 nitrogen and oxygen atoms in total. The Morgan fingerprint density at radius 3 is 2.75 bits per heavy atom. The fourth-order valence-corrected chi connectivity index (χ4v) is 1.77. The molecule has 1 fully saturated rings. The molecule has 1 atom stereocenters. The van der Waals surface area contributed by atoms with E-state index in [4.69, 9.17) is 11.6 Å². The van der Waals surface area contributed by atoms with Crippen LogP contribution in [-0.2, 0) is 4.79 Å². The highest BCUT2D eigenvalue weighted by Gasteiger charge is 2.43. The van der Waals surface area contributed by atoms with Gasteiger partial charge in [-0.2, -0.15) is 0 Å². The molecule has 0 aliphatic carbocycles. The van der Waals surface area contributed by atoms with Crippen molar-refractivity contribution in [2.45, 2.75) is 29.6 Å². The molecule has 1 aliphatic heterocycles. The highest BCUT2D eigenvalue weighted by molar-refractivity contribution is 14.1. The summed E-state index contributed by atoms with van der Waals surface area (Å²) in [6.45, 7) is 4.76. The third-order valence-corrected chi connectivity index (χ3v) is 4.96. The van der Waals surface area contributed by atoms with Gasteiger partial charge in [0.15, 0.2) is 0 Å². The van der Waals surface area contributed by atoms with E-state index in [1.54, 1.807) is 0 Å². The predicted octanol–water partition coefficient (Wildman–Crippen LogP) is 2.29. The van der Waals surface area contributed by atoms with E-state index in [1.807, 2.05) is 0 Å². The van der Waals surface area contributed by atoms with Crippen LogP contribution < -0.4 is 5.32 Å². The summed E-state index contributed by atoms with van der Waals surface area (Å²) in [7, 11) is 0. The van der Waals surface area contributed by atoms with Crippen LogP contribution in [0.1, 0.15) is 26.7 Å². The van der Waals surface area contributed by atoms with Gasteiger partial charge in [0.25, 0.3) is 0 Å². The van der Waals surface area contributed by atoms with E-state index in [0.29, 0.717) is 13.0 Å². The minimum Gasteiger partial charge on any atom is -0.354 e. The summed E-state index contributed by atoms with van der Waals surface area (Å²) in [6, 6.07) is 0. The first-order valence-electron chi connectivity index (χ1n) is 4.00. The van der Waals surface area contributed by atoms with Gasteiger partial charge in [0, 0.05) is 13.0 Å². The average Bonchev–Trinajstić information content (AvgIpc) is 2.02. The lowest BCUT2D eigenvalue weighted by Gasteiger charge is -2.35. The summed E-state index contributed by atoms with van der Waals surface area (Å²) in [5, 5.41) is 2.81. The van der Waals surface area contributed by atoms with Crippen LogP contribution in [0.5, 0.6) is 0 Å². The second-order valence-electron chi connectivity index (χ2n) is 3.87. The first-order chi connectivity index (χ1) is 5.35. The van der Waals surface area contributed by atoms with Gasteiger partial charge in [-0.1, -0.05) is 36.4 Å². The fraction of sp³-hybridized carbons (Fsp3) is 0.875. The molecule has 1 N–H and O–H groups in total. The van der Waals surface area contributed by atoms with Gasteiger partial charge >= 0.3 is 0 Å². The van der Waals surface area contributed by atoms with E-state index in [9.17, 15) is 4.79 Å². The van der Waals surface area contributed by atoms with Crippen molar-refractivity contribution in [3.05, 3.63) is 0 Å². The van der Waals surface area contributed by atoms with Crippen molar-refractivity contribution in [3.63, 3.8) is 0 Å². The molecule has 0 aromatic rings. The summed E-state index contributed by atoms with van der Waals surface area (Å²) in [5.41, 5.74) is 0.00821. The van der Waals surface area contributed by atoms with Crippen molar-refractivity contribution in [3.8, 4) is 0 Å². The molecule has 1 unspecified atom stereocenters. The van der Waals surface area contributed by atoms with Gasteiger partial charge in [-0.15, -0.1) is 11.6 Å². The van der Waals surface area contributed by atoms with Crippen molar-refractivity contribution in [2.24, 2.45) is 5.41 Å². The summed E-state index contributed by atoms with van der Waals surface area (Å²) in [4.78, 5) is 11.1. The SMILES string of the molecule is CC1(C)CCC(=O)NCC1(Cl)I. The van der Waals surface area contributed by atoms with Gasteiger partial charge in [0.1, 0.15) is 2.88 Å². The van der Waals surface area contributed by atoms with E-state index >= 15 is 0 Å². The van der Waals surface area contributed by atoms with Crippen LogP contribution in [0, 0.1) is 5.41 Å². The molecule has 1 aliphatic rings. The summed E-state index contributed by atoms with van der Waals surface area (Å²) >= 11 is 8.52. The zero-order valence-electron chi connectivity index (χ0n) is 7.29. The predicted molar refractivity (Wildman–Crippen MR) is 58.6 cm³/mol. The highest BCUT2D eigenvalue weighted by Crippen LogP contribution is 2.46. The molecule has 1 saturated heterocycles. The summed E-state index contributed by atoms with van der Waals surface area (Å²) in [6.07, 6.45) is 1.44. The number of amides is 1. The first-order valence-corrected chi connectivity index (χ1v) is 5.45. The molecule has 0 aromatic carbocycles. The number of carbonyl (C=O) groups is 1. The van der Waals surface area contributed by atoms with Crippen molar-refractivity contribution < 1.29 is 4.79 Å². The maximum atomic E-state index is 11.1. The Hall–Kier alpha value is 0.490. The van der Waals surface area contributed by atoms with Crippen LogP contribution in [0.15, 0.2) is 0 Å². The van der Waals surface area contributed by atoms with Gasteiger partial charge in [0.05, 0.1) is 0 Å². The molecule has 0 saturated carbocycles. The molecule has 1 rings (SSSR count). The maximum Gasteiger partial charge on any atom is 0.220 e. The second-order valence-corrected chi connectivity index (χ2v) is 6.99. The van der Waals surface area contributed by atoms with Gasteiger partial charge in [-0.25, -0.2) is 0 Å². The number of alkyl halides is 2. The molecule has 12 heavy (non-hydrogen) atoms. The zero-order valence-corrected chi connectivity index (χ0v) is 10.2. The normalized spacial score (nSPS) is 35.5. The zero-order chi connectivity index (χ0) is 9.41. The number of carbonyl (C=O) groups excluding carboxylic acids is 1. The van der Waals surface area contributed by atoms with Crippen LogP contribution >= 0.6 is 34.2 Å². The topological polar surface area (TPSA) is 29.1 Å². The monoisotopic (exact) mass is 301 g/mol. The molecule has 0 radical (unpaired) electrons. The largest absolute Gasteiger partial charge is 0.354 e. The molecule has 0 aromatic heterocycles.